The van der Waals surface area contributed by atoms with Crippen LogP contribution in [0.4, 0.5) is 0 Å². The van der Waals surface area contributed by atoms with Crippen LogP contribution in [0.15, 0.2) is 54.6 Å². The zero-order valence-electron chi connectivity index (χ0n) is 15.1. The third kappa shape index (κ3) is 6.33. The third-order valence-corrected chi connectivity index (χ3v) is 4.15. The second kappa shape index (κ2) is 9.73. The first-order chi connectivity index (χ1) is 12.5. The minimum atomic E-state index is -0.926. The number of amides is 1. The van der Waals surface area contributed by atoms with E-state index in [0.717, 1.165) is 16.7 Å². The predicted molar refractivity (Wildman–Crippen MR) is 99.7 cm³/mol. The molecule has 0 spiro atoms. The number of carbonyl (C=O) groups is 2. The molecular formula is C21H25NO4. The van der Waals surface area contributed by atoms with Crippen LogP contribution in [0, 0.1) is 12.8 Å². The van der Waals surface area contributed by atoms with Crippen molar-refractivity contribution >= 4 is 11.9 Å². The number of carboxylic acid groups (broad SMARTS) is 1. The largest absolute Gasteiger partial charge is 0.481 e. The van der Waals surface area contributed by atoms with Crippen LogP contribution in [0.3, 0.4) is 0 Å². The van der Waals surface area contributed by atoms with Crippen molar-refractivity contribution in [2.24, 2.45) is 5.92 Å². The fraction of sp³-hybridized carbons (Fsp3) is 0.333. The second-order valence-corrected chi connectivity index (χ2v) is 6.41. The van der Waals surface area contributed by atoms with Crippen LogP contribution >= 0.6 is 0 Å². The van der Waals surface area contributed by atoms with Crippen molar-refractivity contribution in [2.45, 2.75) is 33.0 Å². The summed E-state index contributed by atoms with van der Waals surface area (Å²) in [6, 6.07) is 17.3. The summed E-state index contributed by atoms with van der Waals surface area (Å²) in [6.45, 7) is 4.03. The summed E-state index contributed by atoms with van der Waals surface area (Å²) >= 11 is 0. The van der Waals surface area contributed by atoms with E-state index in [2.05, 4.69) is 5.32 Å². The SMILES string of the molecule is Cc1cccc(CC(CNC(=O)C(C)OCc2ccccc2)C(=O)O)c1. The number of carboxylic acids is 1. The number of rotatable bonds is 9. The summed E-state index contributed by atoms with van der Waals surface area (Å²) in [5.74, 6) is -1.91. The van der Waals surface area contributed by atoms with Gasteiger partial charge in [-0.05, 0) is 31.4 Å². The molecule has 0 fully saturated rings. The summed E-state index contributed by atoms with van der Waals surface area (Å²) in [4.78, 5) is 23.7. The molecule has 138 valence electrons. The van der Waals surface area contributed by atoms with Crippen molar-refractivity contribution in [2.75, 3.05) is 6.54 Å². The maximum absolute atomic E-state index is 12.2. The maximum atomic E-state index is 12.2. The van der Waals surface area contributed by atoms with E-state index in [1.54, 1.807) is 6.92 Å². The normalized spacial score (nSPS) is 13.0. The van der Waals surface area contributed by atoms with Gasteiger partial charge in [0.05, 0.1) is 12.5 Å². The van der Waals surface area contributed by atoms with Crippen molar-refractivity contribution in [3.05, 3.63) is 71.3 Å². The molecule has 2 aromatic carbocycles. The molecule has 2 unspecified atom stereocenters. The molecule has 2 N–H and O–H groups in total. The van der Waals surface area contributed by atoms with Crippen LogP contribution in [0.25, 0.3) is 0 Å². The van der Waals surface area contributed by atoms with E-state index in [1.165, 1.54) is 0 Å². The first-order valence-corrected chi connectivity index (χ1v) is 8.67. The van der Waals surface area contributed by atoms with E-state index in [9.17, 15) is 14.7 Å². The first-order valence-electron chi connectivity index (χ1n) is 8.67. The molecule has 5 heteroatoms. The lowest BCUT2D eigenvalue weighted by Crippen LogP contribution is -2.39. The molecule has 2 rings (SSSR count). The molecule has 0 bridgehead atoms. The Bertz CT molecular complexity index is 730. The van der Waals surface area contributed by atoms with Gasteiger partial charge in [0.25, 0.3) is 0 Å². The van der Waals surface area contributed by atoms with Crippen molar-refractivity contribution < 1.29 is 19.4 Å². The number of benzene rings is 2. The number of hydrogen-bond donors (Lipinski definition) is 2. The average molecular weight is 355 g/mol. The lowest BCUT2D eigenvalue weighted by molar-refractivity contribution is -0.142. The summed E-state index contributed by atoms with van der Waals surface area (Å²) in [5, 5.41) is 12.1. The van der Waals surface area contributed by atoms with E-state index in [4.69, 9.17) is 4.74 Å². The highest BCUT2D eigenvalue weighted by Gasteiger charge is 2.21. The molecule has 2 aromatic rings. The van der Waals surface area contributed by atoms with Crippen molar-refractivity contribution in [1.29, 1.82) is 0 Å². The van der Waals surface area contributed by atoms with Gasteiger partial charge in [-0.3, -0.25) is 9.59 Å². The second-order valence-electron chi connectivity index (χ2n) is 6.41. The zero-order valence-corrected chi connectivity index (χ0v) is 15.1. The lowest BCUT2D eigenvalue weighted by atomic mass is 9.98. The Morgan fingerprint density at radius 1 is 1.08 bits per heavy atom. The number of ether oxygens (including phenoxy) is 1. The third-order valence-electron chi connectivity index (χ3n) is 4.15. The van der Waals surface area contributed by atoms with Gasteiger partial charge >= 0.3 is 5.97 Å². The number of hydrogen-bond acceptors (Lipinski definition) is 3. The number of aliphatic carboxylic acids is 1. The van der Waals surface area contributed by atoms with Crippen molar-refractivity contribution in [3.8, 4) is 0 Å². The van der Waals surface area contributed by atoms with Crippen molar-refractivity contribution in [3.63, 3.8) is 0 Å². The van der Waals surface area contributed by atoms with E-state index in [-0.39, 0.29) is 12.5 Å². The van der Waals surface area contributed by atoms with Gasteiger partial charge in [0.1, 0.15) is 6.10 Å². The maximum Gasteiger partial charge on any atom is 0.308 e. The topological polar surface area (TPSA) is 75.6 Å². The van der Waals surface area contributed by atoms with Crippen LogP contribution in [-0.2, 0) is 27.4 Å². The Morgan fingerprint density at radius 3 is 2.42 bits per heavy atom. The van der Waals surface area contributed by atoms with Gasteiger partial charge in [-0.25, -0.2) is 0 Å². The molecule has 0 aliphatic carbocycles. The number of carbonyl (C=O) groups excluding carboxylic acids is 1. The summed E-state index contributed by atoms with van der Waals surface area (Å²) in [7, 11) is 0. The smallest absolute Gasteiger partial charge is 0.308 e. The predicted octanol–water partition coefficient (Wildman–Crippen LogP) is 2.96. The molecule has 26 heavy (non-hydrogen) atoms. The molecule has 0 heterocycles. The first kappa shape index (κ1) is 19.7. The fourth-order valence-electron chi connectivity index (χ4n) is 2.61. The highest BCUT2D eigenvalue weighted by Crippen LogP contribution is 2.11. The molecular weight excluding hydrogens is 330 g/mol. The Morgan fingerprint density at radius 2 is 1.77 bits per heavy atom. The summed E-state index contributed by atoms with van der Waals surface area (Å²) in [6.07, 6.45) is -0.278. The molecule has 0 aliphatic rings. The van der Waals surface area contributed by atoms with Crippen molar-refractivity contribution in [1.82, 2.24) is 5.32 Å². The van der Waals surface area contributed by atoms with E-state index < -0.39 is 18.0 Å². The van der Waals surface area contributed by atoms with Gasteiger partial charge in [0.15, 0.2) is 0 Å². The minimum absolute atomic E-state index is 0.0706. The van der Waals surface area contributed by atoms with Gasteiger partial charge in [-0.2, -0.15) is 0 Å². The molecule has 0 saturated heterocycles. The molecule has 2 atom stereocenters. The highest BCUT2D eigenvalue weighted by molar-refractivity contribution is 5.81. The van der Waals surface area contributed by atoms with Gasteiger partial charge in [-0.15, -0.1) is 0 Å². The van der Waals surface area contributed by atoms with Crippen LogP contribution in [0.2, 0.25) is 0 Å². The minimum Gasteiger partial charge on any atom is -0.481 e. The zero-order chi connectivity index (χ0) is 18.9. The van der Waals surface area contributed by atoms with Crippen LogP contribution in [0.1, 0.15) is 23.6 Å². The number of aryl methyl sites for hydroxylation is 1. The molecule has 0 aromatic heterocycles. The molecule has 0 saturated carbocycles. The Kier molecular flexibility index (Phi) is 7.36. The lowest BCUT2D eigenvalue weighted by Gasteiger charge is -2.17. The van der Waals surface area contributed by atoms with Crippen LogP contribution in [0.5, 0.6) is 0 Å². The molecule has 5 nitrogen and oxygen atoms in total. The molecule has 1 amide bonds. The van der Waals surface area contributed by atoms with Gasteiger partial charge in [0.2, 0.25) is 5.91 Å². The molecule has 0 radical (unpaired) electrons. The summed E-state index contributed by atoms with van der Waals surface area (Å²) in [5.41, 5.74) is 3.01. The van der Waals surface area contributed by atoms with E-state index in [0.29, 0.717) is 13.0 Å². The van der Waals surface area contributed by atoms with E-state index >= 15 is 0 Å². The Balaban J connectivity index is 1.83. The Labute approximate surface area is 154 Å². The monoisotopic (exact) mass is 355 g/mol. The highest BCUT2D eigenvalue weighted by atomic mass is 16.5. The average Bonchev–Trinajstić information content (AvgIpc) is 2.63. The van der Waals surface area contributed by atoms with Gasteiger partial charge < -0.3 is 15.2 Å². The van der Waals surface area contributed by atoms with Gasteiger partial charge in [-0.1, -0.05) is 60.2 Å². The molecule has 0 aliphatic heterocycles. The van der Waals surface area contributed by atoms with Crippen LogP contribution < -0.4 is 5.32 Å². The van der Waals surface area contributed by atoms with Crippen LogP contribution in [-0.4, -0.2) is 29.6 Å². The van der Waals surface area contributed by atoms with Gasteiger partial charge in [0, 0.05) is 6.54 Å². The quantitative estimate of drug-likeness (QED) is 0.725. The standard InChI is InChI=1S/C21H25NO4/c1-15-7-6-10-18(11-15)12-19(21(24)25)13-22-20(23)16(2)26-14-17-8-4-3-5-9-17/h3-11,16,19H,12-14H2,1-2H3,(H,22,23)(H,24,25). The Hall–Kier alpha value is -2.66. The van der Waals surface area contributed by atoms with E-state index in [1.807, 2.05) is 61.5 Å². The number of nitrogens with one attached hydrogen (secondary N) is 1. The summed E-state index contributed by atoms with van der Waals surface area (Å²) < 4.78 is 5.56. The fourth-order valence-corrected chi connectivity index (χ4v) is 2.61.